The van der Waals surface area contributed by atoms with Crippen molar-refractivity contribution in [3.63, 3.8) is 0 Å². The van der Waals surface area contributed by atoms with Gasteiger partial charge in [-0.05, 0) is 31.4 Å². The van der Waals surface area contributed by atoms with Gasteiger partial charge in [-0.1, -0.05) is 35.9 Å². The Morgan fingerprint density at radius 1 is 1.37 bits per heavy atom. The summed E-state index contributed by atoms with van der Waals surface area (Å²) in [6.45, 7) is 4.13. The van der Waals surface area contributed by atoms with Crippen LogP contribution in [0.5, 0.6) is 0 Å². The molecule has 0 N–H and O–H groups in total. The summed E-state index contributed by atoms with van der Waals surface area (Å²) in [4.78, 5) is 11.4. The Hall–Kier alpha value is -0.990. The van der Waals surface area contributed by atoms with Crippen molar-refractivity contribution in [1.82, 2.24) is 0 Å². The van der Waals surface area contributed by atoms with E-state index in [-0.39, 0.29) is 0 Å². The Labute approximate surface area is 124 Å². The predicted octanol–water partition coefficient (Wildman–Crippen LogP) is 4.18. The minimum atomic E-state index is -0.663. The quantitative estimate of drug-likeness (QED) is 0.582. The topological polar surface area (TPSA) is 26.3 Å². The van der Waals surface area contributed by atoms with E-state index in [4.69, 9.17) is 27.9 Å². The number of carbonyl (C=O) groups excluding carboxylic acids is 1. The fourth-order valence-electron chi connectivity index (χ4n) is 1.59. The van der Waals surface area contributed by atoms with Gasteiger partial charge in [0.15, 0.2) is 0 Å². The van der Waals surface area contributed by atoms with E-state index < -0.39 is 11.3 Å². The lowest BCUT2D eigenvalue weighted by molar-refractivity contribution is -0.142. The SMILES string of the molecule is CCOC(=O)C(Cl)C/C=C(/CCl)c1ccc(C)cc1. The molecule has 19 heavy (non-hydrogen) atoms. The largest absolute Gasteiger partial charge is 0.465 e. The summed E-state index contributed by atoms with van der Waals surface area (Å²) in [6.07, 6.45) is 2.31. The Bertz CT molecular complexity index is 438. The van der Waals surface area contributed by atoms with Crippen molar-refractivity contribution < 1.29 is 9.53 Å². The minimum Gasteiger partial charge on any atom is -0.465 e. The number of allylic oxidation sites excluding steroid dienone is 2. The van der Waals surface area contributed by atoms with E-state index in [1.165, 1.54) is 5.56 Å². The van der Waals surface area contributed by atoms with Gasteiger partial charge >= 0.3 is 5.97 Å². The number of hydrogen-bond acceptors (Lipinski definition) is 2. The van der Waals surface area contributed by atoms with Crippen molar-refractivity contribution in [3.05, 3.63) is 41.5 Å². The Balaban J connectivity index is 2.72. The van der Waals surface area contributed by atoms with Crippen LogP contribution in [-0.4, -0.2) is 23.8 Å². The number of alkyl halides is 2. The smallest absolute Gasteiger partial charge is 0.324 e. The molecule has 1 atom stereocenters. The second-order valence-electron chi connectivity index (χ2n) is 4.18. The van der Waals surface area contributed by atoms with E-state index >= 15 is 0 Å². The summed E-state index contributed by atoms with van der Waals surface area (Å²) in [5, 5.41) is -0.663. The molecule has 0 radical (unpaired) electrons. The Morgan fingerprint density at radius 3 is 2.53 bits per heavy atom. The van der Waals surface area contributed by atoms with Gasteiger partial charge in [-0.25, -0.2) is 0 Å². The molecule has 0 saturated carbocycles. The lowest BCUT2D eigenvalue weighted by atomic mass is 10.0. The fourth-order valence-corrected chi connectivity index (χ4v) is 2.01. The fraction of sp³-hybridized carbons (Fsp3) is 0.400. The van der Waals surface area contributed by atoms with Gasteiger partial charge in [0.25, 0.3) is 0 Å². The van der Waals surface area contributed by atoms with Crippen molar-refractivity contribution in [3.8, 4) is 0 Å². The molecular weight excluding hydrogens is 283 g/mol. The molecule has 1 aromatic carbocycles. The summed E-state index contributed by atoms with van der Waals surface area (Å²) >= 11 is 11.9. The molecule has 4 heteroatoms. The number of halogens is 2. The van der Waals surface area contributed by atoms with Gasteiger partial charge < -0.3 is 4.74 Å². The molecule has 0 aliphatic carbocycles. The molecule has 0 bridgehead atoms. The molecule has 0 saturated heterocycles. The molecule has 0 aliphatic rings. The normalized spacial score (nSPS) is 13.2. The lowest BCUT2D eigenvalue weighted by Crippen LogP contribution is -2.17. The third kappa shape index (κ3) is 5.25. The average Bonchev–Trinajstić information content (AvgIpc) is 2.41. The van der Waals surface area contributed by atoms with E-state index in [9.17, 15) is 4.79 Å². The van der Waals surface area contributed by atoms with E-state index in [1.54, 1.807) is 6.92 Å². The van der Waals surface area contributed by atoms with Crippen LogP contribution in [-0.2, 0) is 9.53 Å². The van der Waals surface area contributed by atoms with E-state index in [1.807, 2.05) is 37.3 Å². The standard InChI is InChI=1S/C15H18Cl2O2/c1-3-19-15(18)14(17)9-8-13(10-16)12-6-4-11(2)5-7-12/h4-8,14H,3,9-10H2,1-2H3/b13-8-. The van der Waals surface area contributed by atoms with Crippen LogP contribution >= 0.6 is 23.2 Å². The van der Waals surface area contributed by atoms with Crippen LogP contribution < -0.4 is 0 Å². The highest BCUT2D eigenvalue weighted by molar-refractivity contribution is 6.30. The number of rotatable bonds is 6. The molecule has 0 spiro atoms. The van der Waals surface area contributed by atoms with Crippen LogP contribution in [0.1, 0.15) is 24.5 Å². The highest BCUT2D eigenvalue weighted by Crippen LogP contribution is 2.19. The van der Waals surface area contributed by atoms with Crippen LogP contribution in [0.2, 0.25) is 0 Å². The van der Waals surface area contributed by atoms with Crippen LogP contribution in [0.15, 0.2) is 30.3 Å². The zero-order valence-corrected chi connectivity index (χ0v) is 12.7. The molecule has 0 heterocycles. The maximum absolute atomic E-state index is 11.4. The zero-order valence-electron chi connectivity index (χ0n) is 11.2. The van der Waals surface area contributed by atoms with Gasteiger partial charge in [0.1, 0.15) is 5.38 Å². The van der Waals surface area contributed by atoms with Gasteiger partial charge in [0, 0.05) is 5.88 Å². The molecule has 1 unspecified atom stereocenters. The number of aryl methyl sites for hydroxylation is 1. The van der Waals surface area contributed by atoms with Gasteiger partial charge in [-0.2, -0.15) is 0 Å². The van der Waals surface area contributed by atoms with Gasteiger partial charge in [0.2, 0.25) is 0 Å². The summed E-state index contributed by atoms with van der Waals surface area (Å²) in [5.41, 5.74) is 3.21. The minimum absolute atomic E-state index is 0.339. The molecular formula is C15H18Cl2O2. The van der Waals surface area contributed by atoms with Crippen LogP contribution in [0.4, 0.5) is 0 Å². The second-order valence-corrected chi connectivity index (χ2v) is 4.98. The third-order valence-corrected chi connectivity index (χ3v) is 3.32. The molecule has 0 amide bonds. The van der Waals surface area contributed by atoms with Crippen molar-refractivity contribution in [1.29, 1.82) is 0 Å². The summed E-state index contributed by atoms with van der Waals surface area (Å²) in [7, 11) is 0. The summed E-state index contributed by atoms with van der Waals surface area (Å²) in [5.74, 6) is -0.00609. The molecule has 2 nitrogen and oxygen atoms in total. The van der Waals surface area contributed by atoms with Gasteiger partial charge in [-0.15, -0.1) is 23.2 Å². The first-order chi connectivity index (χ1) is 9.08. The van der Waals surface area contributed by atoms with Gasteiger partial charge in [0.05, 0.1) is 6.61 Å². The van der Waals surface area contributed by atoms with E-state index in [0.717, 1.165) is 11.1 Å². The maximum Gasteiger partial charge on any atom is 0.324 e. The van der Waals surface area contributed by atoms with Crippen molar-refractivity contribution in [2.24, 2.45) is 0 Å². The first-order valence-electron chi connectivity index (χ1n) is 6.21. The average molecular weight is 301 g/mol. The monoisotopic (exact) mass is 300 g/mol. The maximum atomic E-state index is 11.4. The second kappa shape index (κ2) is 8.23. The van der Waals surface area contributed by atoms with Crippen molar-refractivity contribution in [2.45, 2.75) is 25.6 Å². The van der Waals surface area contributed by atoms with E-state index in [0.29, 0.717) is 18.9 Å². The van der Waals surface area contributed by atoms with Crippen molar-refractivity contribution >= 4 is 34.7 Å². The predicted molar refractivity (Wildman–Crippen MR) is 80.8 cm³/mol. The first kappa shape index (κ1) is 16.1. The highest BCUT2D eigenvalue weighted by atomic mass is 35.5. The molecule has 104 valence electrons. The Morgan fingerprint density at radius 2 is 2.00 bits per heavy atom. The molecule has 0 fully saturated rings. The van der Waals surface area contributed by atoms with Crippen LogP contribution in [0.25, 0.3) is 5.57 Å². The van der Waals surface area contributed by atoms with Crippen LogP contribution in [0, 0.1) is 6.92 Å². The van der Waals surface area contributed by atoms with Crippen molar-refractivity contribution in [2.75, 3.05) is 12.5 Å². The number of ether oxygens (including phenoxy) is 1. The number of hydrogen-bond donors (Lipinski definition) is 0. The number of esters is 1. The third-order valence-electron chi connectivity index (χ3n) is 2.68. The molecule has 0 aromatic heterocycles. The lowest BCUT2D eigenvalue weighted by Gasteiger charge is -2.08. The number of carbonyl (C=O) groups is 1. The highest BCUT2D eigenvalue weighted by Gasteiger charge is 2.15. The van der Waals surface area contributed by atoms with Gasteiger partial charge in [-0.3, -0.25) is 4.79 Å². The van der Waals surface area contributed by atoms with E-state index in [2.05, 4.69) is 0 Å². The number of benzene rings is 1. The zero-order chi connectivity index (χ0) is 14.3. The summed E-state index contributed by atoms with van der Waals surface area (Å²) < 4.78 is 4.86. The summed E-state index contributed by atoms with van der Waals surface area (Å²) in [6, 6.07) is 8.08. The molecule has 1 rings (SSSR count). The molecule has 0 aliphatic heterocycles. The first-order valence-corrected chi connectivity index (χ1v) is 7.18. The molecule has 1 aromatic rings. The van der Waals surface area contributed by atoms with Crippen LogP contribution in [0.3, 0.4) is 0 Å². The Kier molecular flexibility index (Phi) is 6.96.